The zero-order chi connectivity index (χ0) is 15.6. The number of carbonyl (C=O) groups is 1. The second-order valence-electron chi connectivity index (χ2n) is 5.12. The van der Waals surface area contributed by atoms with Crippen molar-refractivity contribution in [3.05, 3.63) is 62.9 Å². The van der Waals surface area contributed by atoms with Crippen LogP contribution in [0.15, 0.2) is 36.7 Å². The average Bonchev–Trinajstić information content (AvgIpc) is 2.88. The van der Waals surface area contributed by atoms with E-state index < -0.39 is 4.92 Å². The van der Waals surface area contributed by atoms with Crippen LogP contribution in [0, 0.1) is 16.0 Å². The first kappa shape index (κ1) is 15.3. The lowest BCUT2D eigenvalue weighted by Crippen LogP contribution is -2.06. The molecule has 5 nitrogen and oxygen atoms in total. The second-order valence-corrected chi connectivity index (χ2v) is 5.56. The van der Waals surface area contributed by atoms with Gasteiger partial charge in [-0.2, -0.15) is 0 Å². The normalized spacial score (nSPS) is 10.9. The Hall–Kier alpha value is -2.14. The molecule has 0 amide bonds. The number of aromatic nitrogens is 1. The molecule has 0 aliphatic carbocycles. The number of nitro groups is 1. The summed E-state index contributed by atoms with van der Waals surface area (Å²) in [6, 6.07) is 6.31. The molecule has 2 rings (SSSR count). The fourth-order valence-electron chi connectivity index (χ4n) is 2.06. The minimum absolute atomic E-state index is 0.0204. The average molecular weight is 307 g/mol. The zero-order valence-corrected chi connectivity index (χ0v) is 12.5. The molecule has 0 aliphatic heterocycles. The van der Waals surface area contributed by atoms with Gasteiger partial charge in [0.05, 0.1) is 11.5 Å². The number of nitro benzene ring substituents is 1. The molecule has 0 saturated heterocycles. The Morgan fingerprint density at radius 1 is 1.38 bits per heavy atom. The predicted octanol–water partition coefficient (Wildman–Crippen LogP) is 3.94. The molecule has 1 aromatic carbocycles. The Balaban J connectivity index is 2.27. The van der Waals surface area contributed by atoms with Gasteiger partial charge in [-0.3, -0.25) is 14.9 Å². The highest BCUT2D eigenvalue weighted by atomic mass is 35.5. The van der Waals surface area contributed by atoms with Gasteiger partial charge in [0.1, 0.15) is 0 Å². The van der Waals surface area contributed by atoms with Gasteiger partial charge in [-0.1, -0.05) is 25.4 Å². The van der Waals surface area contributed by atoms with Crippen molar-refractivity contribution in [2.24, 2.45) is 5.92 Å². The molecule has 0 unspecified atom stereocenters. The van der Waals surface area contributed by atoms with E-state index in [1.165, 1.54) is 6.07 Å². The lowest BCUT2D eigenvalue weighted by Gasteiger charge is -2.05. The van der Waals surface area contributed by atoms with Crippen molar-refractivity contribution in [3.63, 3.8) is 0 Å². The first-order chi connectivity index (χ1) is 9.88. The van der Waals surface area contributed by atoms with Gasteiger partial charge in [0, 0.05) is 40.5 Å². The molecule has 6 heteroatoms. The molecule has 0 aliphatic rings. The topological polar surface area (TPSA) is 65.1 Å². The molecule has 0 bridgehead atoms. The lowest BCUT2D eigenvalue weighted by atomic mass is 10.0. The molecular weight excluding hydrogens is 292 g/mol. The highest BCUT2D eigenvalue weighted by Gasteiger charge is 2.16. The van der Waals surface area contributed by atoms with Crippen LogP contribution in [0.4, 0.5) is 5.69 Å². The van der Waals surface area contributed by atoms with E-state index >= 15 is 0 Å². The van der Waals surface area contributed by atoms with Gasteiger partial charge < -0.3 is 4.57 Å². The third-order valence-electron chi connectivity index (χ3n) is 3.16. The van der Waals surface area contributed by atoms with Gasteiger partial charge in [-0.25, -0.2) is 0 Å². The first-order valence-corrected chi connectivity index (χ1v) is 6.89. The summed E-state index contributed by atoms with van der Waals surface area (Å²) in [7, 11) is 0. The van der Waals surface area contributed by atoms with Crippen molar-refractivity contribution in [2.75, 3.05) is 0 Å². The Morgan fingerprint density at radius 3 is 2.71 bits per heavy atom. The monoisotopic (exact) mass is 306 g/mol. The Morgan fingerprint density at radius 2 is 2.10 bits per heavy atom. The van der Waals surface area contributed by atoms with Crippen LogP contribution >= 0.6 is 11.6 Å². The molecule has 2 aromatic rings. The van der Waals surface area contributed by atoms with Crippen LogP contribution in [-0.4, -0.2) is 15.3 Å². The summed E-state index contributed by atoms with van der Waals surface area (Å²) in [4.78, 5) is 22.5. The highest BCUT2D eigenvalue weighted by molar-refractivity contribution is 6.30. The molecular formula is C15H15ClN2O3. The molecule has 0 N–H and O–H groups in total. The largest absolute Gasteiger partial charge is 0.349 e. The standard InChI is InChI=1S/C15H15ClN2O3/c1-10(2)15(19)12-5-6-17(9-12)8-11-3-4-13(16)7-14(11)18(20)21/h3-7,9-10H,8H2,1-2H3. The van der Waals surface area contributed by atoms with Gasteiger partial charge in [0.15, 0.2) is 5.78 Å². The van der Waals surface area contributed by atoms with Crippen molar-refractivity contribution >= 4 is 23.1 Å². The van der Waals surface area contributed by atoms with Crippen LogP contribution in [0.25, 0.3) is 0 Å². The van der Waals surface area contributed by atoms with E-state index in [0.29, 0.717) is 22.7 Å². The van der Waals surface area contributed by atoms with E-state index in [-0.39, 0.29) is 17.4 Å². The summed E-state index contributed by atoms with van der Waals surface area (Å²) >= 11 is 5.79. The summed E-state index contributed by atoms with van der Waals surface area (Å²) in [5.41, 5.74) is 1.14. The van der Waals surface area contributed by atoms with Crippen LogP contribution in [0.1, 0.15) is 29.8 Å². The van der Waals surface area contributed by atoms with Crippen molar-refractivity contribution in [1.29, 1.82) is 0 Å². The maximum atomic E-state index is 11.9. The molecule has 110 valence electrons. The highest BCUT2D eigenvalue weighted by Crippen LogP contribution is 2.24. The van der Waals surface area contributed by atoms with E-state index in [9.17, 15) is 14.9 Å². The smallest absolute Gasteiger partial charge is 0.275 e. The second kappa shape index (κ2) is 6.10. The summed E-state index contributed by atoms with van der Waals surface area (Å²) in [6.07, 6.45) is 3.45. The van der Waals surface area contributed by atoms with Crippen LogP contribution in [0.2, 0.25) is 5.02 Å². The number of halogens is 1. The first-order valence-electron chi connectivity index (χ1n) is 6.51. The Kier molecular flexibility index (Phi) is 4.43. The van der Waals surface area contributed by atoms with Gasteiger partial charge in [-0.15, -0.1) is 0 Å². The third kappa shape index (κ3) is 3.49. The molecule has 1 aromatic heterocycles. The molecule has 0 fully saturated rings. The van der Waals surface area contributed by atoms with Crippen LogP contribution in [0.3, 0.4) is 0 Å². The number of hydrogen-bond donors (Lipinski definition) is 0. The number of hydrogen-bond acceptors (Lipinski definition) is 3. The molecule has 0 atom stereocenters. The van der Waals surface area contributed by atoms with Crippen LogP contribution in [0.5, 0.6) is 0 Å². The molecule has 1 heterocycles. The summed E-state index contributed by atoms with van der Waals surface area (Å²) in [6.45, 7) is 3.99. The summed E-state index contributed by atoms with van der Waals surface area (Å²) < 4.78 is 1.76. The van der Waals surface area contributed by atoms with Crippen molar-refractivity contribution < 1.29 is 9.72 Å². The number of benzene rings is 1. The van der Waals surface area contributed by atoms with Crippen LogP contribution < -0.4 is 0 Å². The predicted molar refractivity (Wildman–Crippen MR) is 80.8 cm³/mol. The van der Waals surface area contributed by atoms with Gasteiger partial charge in [0.2, 0.25) is 0 Å². The van der Waals surface area contributed by atoms with Crippen molar-refractivity contribution in [3.8, 4) is 0 Å². The van der Waals surface area contributed by atoms with Crippen LogP contribution in [-0.2, 0) is 6.54 Å². The zero-order valence-electron chi connectivity index (χ0n) is 11.7. The summed E-state index contributed by atoms with van der Waals surface area (Å²) in [5, 5.41) is 11.4. The van der Waals surface area contributed by atoms with Gasteiger partial charge in [0.25, 0.3) is 5.69 Å². The lowest BCUT2D eigenvalue weighted by molar-refractivity contribution is -0.385. The van der Waals surface area contributed by atoms with Gasteiger partial charge in [-0.05, 0) is 18.2 Å². The SMILES string of the molecule is CC(C)C(=O)c1ccn(Cc2ccc(Cl)cc2[N+](=O)[O-])c1. The van der Waals surface area contributed by atoms with Crippen molar-refractivity contribution in [2.45, 2.75) is 20.4 Å². The number of rotatable bonds is 5. The Bertz CT molecular complexity index is 692. The maximum Gasteiger partial charge on any atom is 0.275 e. The minimum Gasteiger partial charge on any atom is -0.349 e. The third-order valence-corrected chi connectivity index (χ3v) is 3.39. The number of Topliss-reactive ketones (excluding diaryl/α,β-unsaturated/α-hetero) is 1. The molecule has 0 saturated carbocycles. The maximum absolute atomic E-state index is 11.9. The van der Waals surface area contributed by atoms with E-state index in [0.717, 1.165) is 0 Å². The molecule has 0 radical (unpaired) electrons. The van der Waals surface area contributed by atoms with E-state index in [2.05, 4.69) is 0 Å². The number of ketones is 1. The fraction of sp³-hybridized carbons (Fsp3) is 0.267. The van der Waals surface area contributed by atoms with E-state index in [1.807, 2.05) is 13.8 Å². The summed E-state index contributed by atoms with van der Waals surface area (Å²) in [5.74, 6) is -0.0231. The minimum atomic E-state index is -0.453. The molecule has 0 spiro atoms. The molecule has 21 heavy (non-hydrogen) atoms. The number of nitrogens with zero attached hydrogens (tertiary/aromatic N) is 2. The quantitative estimate of drug-likeness (QED) is 0.477. The van der Waals surface area contributed by atoms with E-state index in [1.54, 1.807) is 35.2 Å². The number of carbonyl (C=O) groups excluding carboxylic acids is 1. The van der Waals surface area contributed by atoms with E-state index in [4.69, 9.17) is 11.6 Å². The fourth-order valence-corrected chi connectivity index (χ4v) is 2.22. The van der Waals surface area contributed by atoms with Gasteiger partial charge >= 0.3 is 0 Å². The Labute approximate surface area is 127 Å². The van der Waals surface area contributed by atoms with Crippen molar-refractivity contribution in [1.82, 2.24) is 4.57 Å².